The summed E-state index contributed by atoms with van der Waals surface area (Å²) < 4.78 is 4.69. The summed E-state index contributed by atoms with van der Waals surface area (Å²) in [6, 6.07) is 0. The summed E-state index contributed by atoms with van der Waals surface area (Å²) in [5.41, 5.74) is 5.72. The molecule has 4 nitrogen and oxygen atoms in total. The van der Waals surface area contributed by atoms with Crippen molar-refractivity contribution in [3.63, 3.8) is 0 Å². The molecule has 1 rings (SSSR count). The van der Waals surface area contributed by atoms with Crippen molar-refractivity contribution in [1.29, 1.82) is 0 Å². The third kappa shape index (κ3) is 3.80. The number of hydrogen-bond acceptors (Lipinski definition) is 4. The van der Waals surface area contributed by atoms with E-state index in [-0.39, 0.29) is 5.97 Å². The molecule has 4 heteroatoms. The van der Waals surface area contributed by atoms with Crippen molar-refractivity contribution in [1.82, 2.24) is 4.90 Å². The summed E-state index contributed by atoms with van der Waals surface area (Å²) in [6.07, 6.45) is 2.77. The minimum atomic E-state index is -0.135. The van der Waals surface area contributed by atoms with Crippen molar-refractivity contribution in [3.8, 4) is 0 Å². The predicted octanol–water partition coefficient (Wildman–Crippen LogP) is 0.466. The highest BCUT2D eigenvalue weighted by Gasteiger charge is 2.26. The highest BCUT2D eigenvalue weighted by atomic mass is 16.5. The van der Waals surface area contributed by atoms with Gasteiger partial charge in [-0.25, -0.2) is 0 Å². The molecule has 0 aromatic heterocycles. The highest BCUT2D eigenvalue weighted by molar-refractivity contribution is 5.69. The molecule has 1 fully saturated rings. The van der Waals surface area contributed by atoms with Crippen LogP contribution in [0.1, 0.15) is 19.3 Å². The minimum absolute atomic E-state index is 0.135. The maximum Gasteiger partial charge on any atom is 0.305 e. The molecule has 0 aromatic rings. The van der Waals surface area contributed by atoms with Gasteiger partial charge in [0.05, 0.1) is 7.11 Å². The minimum Gasteiger partial charge on any atom is -0.469 e. The van der Waals surface area contributed by atoms with Crippen LogP contribution in [0.4, 0.5) is 0 Å². The van der Waals surface area contributed by atoms with Crippen molar-refractivity contribution in [2.75, 3.05) is 33.8 Å². The summed E-state index contributed by atoms with van der Waals surface area (Å²) in [4.78, 5) is 13.5. The second-order valence-electron chi connectivity index (χ2n) is 4.42. The molecule has 1 heterocycles. The Morgan fingerprint density at radius 1 is 1.53 bits per heavy atom. The number of carbonyl (C=O) groups is 1. The molecule has 1 aliphatic heterocycles. The Morgan fingerprint density at radius 2 is 2.13 bits per heavy atom. The molecule has 1 aliphatic rings. The van der Waals surface area contributed by atoms with Gasteiger partial charge in [0.2, 0.25) is 0 Å². The maximum atomic E-state index is 11.2. The smallest absolute Gasteiger partial charge is 0.305 e. The van der Waals surface area contributed by atoms with Crippen LogP contribution in [0.25, 0.3) is 0 Å². The molecule has 1 atom stereocenters. The summed E-state index contributed by atoms with van der Waals surface area (Å²) >= 11 is 0. The number of ether oxygens (including phenoxy) is 1. The lowest BCUT2D eigenvalue weighted by Crippen LogP contribution is -2.36. The first-order valence-corrected chi connectivity index (χ1v) is 5.62. The number of methoxy groups -OCH3 is 1. The fourth-order valence-electron chi connectivity index (χ4n) is 2.24. The van der Waals surface area contributed by atoms with Gasteiger partial charge in [0, 0.05) is 6.42 Å². The first-order chi connectivity index (χ1) is 7.17. The topological polar surface area (TPSA) is 55.6 Å². The first kappa shape index (κ1) is 12.5. The highest BCUT2D eigenvalue weighted by Crippen LogP contribution is 2.26. The van der Waals surface area contributed by atoms with Crippen molar-refractivity contribution < 1.29 is 9.53 Å². The van der Waals surface area contributed by atoms with Crippen LogP contribution >= 0.6 is 0 Å². The maximum absolute atomic E-state index is 11.2. The van der Waals surface area contributed by atoms with E-state index in [1.54, 1.807) is 0 Å². The molecule has 1 saturated heterocycles. The van der Waals surface area contributed by atoms with Gasteiger partial charge < -0.3 is 15.4 Å². The lowest BCUT2D eigenvalue weighted by atomic mass is 9.82. The molecule has 0 aromatic carbocycles. The molecule has 0 bridgehead atoms. The molecule has 15 heavy (non-hydrogen) atoms. The van der Waals surface area contributed by atoms with Crippen molar-refractivity contribution in [2.45, 2.75) is 19.3 Å². The van der Waals surface area contributed by atoms with Gasteiger partial charge in [-0.3, -0.25) is 4.79 Å². The summed E-state index contributed by atoms with van der Waals surface area (Å²) in [5.74, 6) is 0.751. The van der Waals surface area contributed by atoms with E-state index in [0.29, 0.717) is 24.8 Å². The number of carbonyl (C=O) groups excluding carboxylic acids is 1. The molecule has 0 amide bonds. The monoisotopic (exact) mass is 214 g/mol. The largest absolute Gasteiger partial charge is 0.469 e. The Balaban J connectivity index is 2.40. The molecule has 0 saturated carbocycles. The van der Waals surface area contributed by atoms with Gasteiger partial charge in [-0.05, 0) is 51.4 Å². The summed E-state index contributed by atoms with van der Waals surface area (Å²) in [7, 11) is 3.57. The van der Waals surface area contributed by atoms with Crippen molar-refractivity contribution >= 4 is 5.97 Å². The fraction of sp³-hybridized carbons (Fsp3) is 0.909. The first-order valence-electron chi connectivity index (χ1n) is 5.62. The van der Waals surface area contributed by atoms with Gasteiger partial charge in [0.25, 0.3) is 0 Å². The molecule has 0 spiro atoms. The Bertz CT molecular complexity index is 201. The van der Waals surface area contributed by atoms with Gasteiger partial charge in [-0.1, -0.05) is 0 Å². The number of nitrogens with zero attached hydrogens (tertiary/aromatic N) is 1. The average molecular weight is 214 g/mol. The van der Waals surface area contributed by atoms with Crippen molar-refractivity contribution in [2.24, 2.45) is 17.6 Å². The van der Waals surface area contributed by atoms with Crippen LogP contribution < -0.4 is 5.73 Å². The van der Waals surface area contributed by atoms with Crippen LogP contribution in [-0.2, 0) is 9.53 Å². The molecule has 88 valence electrons. The van der Waals surface area contributed by atoms with Gasteiger partial charge in [-0.2, -0.15) is 0 Å². The van der Waals surface area contributed by atoms with E-state index >= 15 is 0 Å². The predicted molar refractivity (Wildman–Crippen MR) is 59.4 cm³/mol. The summed E-state index contributed by atoms with van der Waals surface area (Å²) in [6.45, 7) is 2.81. The van der Waals surface area contributed by atoms with Crippen molar-refractivity contribution in [3.05, 3.63) is 0 Å². The standard InChI is InChI=1S/C11H22N2O2/c1-13-5-3-9(4-6-13)10(8-12)7-11(14)15-2/h9-10H,3-8,12H2,1-2H3. The van der Waals surface area contributed by atoms with E-state index in [1.807, 2.05) is 0 Å². The third-order valence-electron chi connectivity index (χ3n) is 3.39. The van der Waals surface area contributed by atoms with E-state index in [1.165, 1.54) is 7.11 Å². The zero-order valence-electron chi connectivity index (χ0n) is 9.74. The third-order valence-corrected chi connectivity index (χ3v) is 3.39. The van der Waals surface area contributed by atoms with E-state index in [2.05, 4.69) is 16.7 Å². The Kier molecular flexibility index (Phi) is 5.05. The normalized spacial score (nSPS) is 21.3. The van der Waals surface area contributed by atoms with Crippen LogP contribution in [0.15, 0.2) is 0 Å². The van der Waals surface area contributed by atoms with Gasteiger partial charge >= 0.3 is 5.97 Å². The zero-order valence-corrected chi connectivity index (χ0v) is 9.74. The van der Waals surface area contributed by atoms with Crippen LogP contribution in [0.5, 0.6) is 0 Å². The molecule has 0 aliphatic carbocycles. The second-order valence-corrected chi connectivity index (χ2v) is 4.42. The van der Waals surface area contributed by atoms with E-state index in [9.17, 15) is 4.79 Å². The van der Waals surface area contributed by atoms with E-state index in [4.69, 9.17) is 5.73 Å². The quantitative estimate of drug-likeness (QED) is 0.691. The molecule has 1 unspecified atom stereocenters. The molecule has 2 N–H and O–H groups in total. The average Bonchev–Trinajstić information content (AvgIpc) is 2.27. The number of rotatable bonds is 4. The number of likely N-dealkylation sites (tertiary alicyclic amines) is 1. The van der Waals surface area contributed by atoms with Crippen LogP contribution in [0.2, 0.25) is 0 Å². The van der Waals surface area contributed by atoms with E-state index < -0.39 is 0 Å². The van der Waals surface area contributed by atoms with E-state index in [0.717, 1.165) is 25.9 Å². The number of piperidine rings is 1. The van der Waals surface area contributed by atoms with Crippen LogP contribution in [-0.4, -0.2) is 44.7 Å². The molecule has 0 radical (unpaired) electrons. The SMILES string of the molecule is COC(=O)CC(CN)C1CCN(C)CC1. The van der Waals surface area contributed by atoms with Crippen LogP contribution in [0.3, 0.4) is 0 Å². The Labute approximate surface area is 91.8 Å². The fourth-order valence-corrected chi connectivity index (χ4v) is 2.24. The Hall–Kier alpha value is -0.610. The number of hydrogen-bond donors (Lipinski definition) is 1. The molecular weight excluding hydrogens is 192 g/mol. The summed E-state index contributed by atoms with van der Waals surface area (Å²) in [5, 5.41) is 0. The van der Waals surface area contributed by atoms with Gasteiger partial charge in [-0.15, -0.1) is 0 Å². The molecular formula is C11H22N2O2. The number of esters is 1. The Morgan fingerprint density at radius 3 is 2.60 bits per heavy atom. The van der Waals surface area contributed by atoms with Gasteiger partial charge in [0.1, 0.15) is 0 Å². The van der Waals surface area contributed by atoms with Gasteiger partial charge in [0.15, 0.2) is 0 Å². The zero-order chi connectivity index (χ0) is 11.3. The van der Waals surface area contributed by atoms with Crippen LogP contribution in [0, 0.1) is 11.8 Å². The number of nitrogens with two attached hydrogens (primary N) is 1. The lowest BCUT2D eigenvalue weighted by Gasteiger charge is -2.33. The second kappa shape index (κ2) is 6.08. The lowest BCUT2D eigenvalue weighted by molar-refractivity contribution is -0.142.